The smallest absolute Gasteiger partial charge is 0.335 e. The maximum Gasteiger partial charge on any atom is 0.335 e. The summed E-state index contributed by atoms with van der Waals surface area (Å²) in [5, 5.41) is 9.05. The van der Waals surface area contributed by atoms with Crippen molar-refractivity contribution in [2.45, 2.75) is 32.2 Å². The lowest BCUT2D eigenvalue weighted by atomic mass is 9.88. The highest BCUT2D eigenvalue weighted by molar-refractivity contribution is 5.88. The van der Waals surface area contributed by atoms with Crippen LogP contribution in [0.3, 0.4) is 0 Å². The Labute approximate surface area is 112 Å². The van der Waals surface area contributed by atoms with Gasteiger partial charge in [-0.05, 0) is 48.4 Å². The van der Waals surface area contributed by atoms with Gasteiger partial charge in [-0.3, -0.25) is 4.79 Å². The molecule has 0 spiro atoms. The molecule has 1 N–H and O–H groups in total. The Bertz CT molecular complexity index is 548. The molecule has 1 aromatic carbocycles. The van der Waals surface area contributed by atoms with Gasteiger partial charge in [-0.1, -0.05) is 6.07 Å². The topological polar surface area (TPSA) is 57.6 Å². The lowest BCUT2D eigenvalue weighted by Gasteiger charge is -2.37. The molecule has 100 valence electrons. The van der Waals surface area contributed by atoms with Crippen molar-refractivity contribution < 1.29 is 14.7 Å². The number of rotatable bonds is 2. The largest absolute Gasteiger partial charge is 0.478 e. The van der Waals surface area contributed by atoms with E-state index >= 15 is 0 Å². The molecule has 1 aliphatic carbocycles. The van der Waals surface area contributed by atoms with Gasteiger partial charge in [0.2, 0.25) is 5.91 Å². The third-order valence-electron chi connectivity index (χ3n) is 4.14. The molecule has 1 unspecified atom stereocenters. The Hall–Kier alpha value is -1.84. The molecule has 3 rings (SSSR count). The van der Waals surface area contributed by atoms with Gasteiger partial charge in [-0.15, -0.1) is 0 Å². The normalized spacial score (nSPS) is 21.9. The van der Waals surface area contributed by atoms with Crippen molar-refractivity contribution in [2.24, 2.45) is 5.92 Å². The van der Waals surface area contributed by atoms with E-state index in [1.807, 2.05) is 11.0 Å². The Balaban J connectivity index is 2.01. The van der Waals surface area contributed by atoms with E-state index in [4.69, 9.17) is 5.11 Å². The van der Waals surface area contributed by atoms with Crippen LogP contribution < -0.4 is 0 Å². The monoisotopic (exact) mass is 259 g/mol. The Morgan fingerprint density at radius 1 is 1.32 bits per heavy atom. The highest BCUT2D eigenvalue weighted by atomic mass is 16.4. The minimum absolute atomic E-state index is 0.116. The first-order valence-electron chi connectivity index (χ1n) is 6.71. The lowest BCUT2D eigenvalue weighted by Crippen LogP contribution is -2.39. The van der Waals surface area contributed by atoms with E-state index < -0.39 is 5.97 Å². The summed E-state index contributed by atoms with van der Waals surface area (Å²) in [7, 11) is 0. The van der Waals surface area contributed by atoms with Crippen molar-refractivity contribution in [3.8, 4) is 0 Å². The Morgan fingerprint density at radius 2 is 2.05 bits per heavy atom. The maximum absolute atomic E-state index is 11.8. The fraction of sp³-hybridized carbons (Fsp3) is 0.467. The molecule has 1 saturated carbocycles. The highest BCUT2D eigenvalue weighted by Crippen LogP contribution is 2.47. The predicted octanol–water partition coefficient (Wildman–Crippen LogP) is 2.24. The molecule has 0 saturated heterocycles. The Morgan fingerprint density at radius 3 is 2.63 bits per heavy atom. The minimum atomic E-state index is -0.889. The molecule has 0 bridgehead atoms. The number of hydrogen-bond acceptors (Lipinski definition) is 2. The zero-order valence-electron chi connectivity index (χ0n) is 10.9. The molecule has 1 fully saturated rings. The fourth-order valence-electron chi connectivity index (χ4n) is 3.07. The molecule has 19 heavy (non-hydrogen) atoms. The van der Waals surface area contributed by atoms with Gasteiger partial charge in [0, 0.05) is 13.5 Å². The predicted molar refractivity (Wildman–Crippen MR) is 70.0 cm³/mol. The van der Waals surface area contributed by atoms with E-state index in [2.05, 4.69) is 0 Å². The molecule has 1 heterocycles. The van der Waals surface area contributed by atoms with Crippen LogP contribution in [-0.2, 0) is 11.2 Å². The van der Waals surface area contributed by atoms with E-state index in [1.54, 1.807) is 19.1 Å². The molecule has 4 nitrogen and oxygen atoms in total. The molecular formula is C15H17NO3. The van der Waals surface area contributed by atoms with Crippen molar-refractivity contribution in [1.82, 2.24) is 4.90 Å². The third-order valence-corrected chi connectivity index (χ3v) is 4.14. The van der Waals surface area contributed by atoms with Crippen molar-refractivity contribution in [2.75, 3.05) is 6.54 Å². The van der Waals surface area contributed by atoms with Crippen LogP contribution in [0.15, 0.2) is 18.2 Å². The van der Waals surface area contributed by atoms with E-state index in [0.717, 1.165) is 30.4 Å². The molecule has 1 atom stereocenters. The van der Waals surface area contributed by atoms with Crippen LogP contribution >= 0.6 is 0 Å². The van der Waals surface area contributed by atoms with Gasteiger partial charge in [0.1, 0.15) is 0 Å². The first kappa shape index (κ1) is 12.2. The standard InChI is InChI=1S/C15H17NO3/c1-9(17)16-7-6-11-8-12(15(18)19)4-5-13(11)14(16)10-2-3-10/h4-5,8,10,14H,2-3,6-7H2,1H3,(H,18,19). The average molecular weight is 259 g/mol. The second-order valence-corrected chi connectivity index (χ2v) is 5.46. The number of amides is 1. The quantitative estimate of drug-likeness (QED) is 0.886. The number of fused-ring (bicyclic) bond motifs is 1. The number of nitrogens with zero attached hydrogens (tertiary/aromatic N) is 1. The van der Waals surface area contributed by atoms with Crippen LogP contribution in [0.25, 0.3) is 0 Å². The number of aromatic carboxylic acids is 1. The lowest BCUT2D eigenvalue weighted by molar-refractivity contribution is -0.132. The number of hydrogen-bond donors (Lipinski definition) is 1. The van der Waals surface area contributed by atoms with Crippen LogP contribution in [-0.4, -0.2) is 28.4 Å². The van der Waals surface area contributed by atoms with Gasteiger partial charge in [0.05, 0.1) is 11.6 Å². The number of carboxylic acid groups (broad SMARTS) is 1. The summed E-state index contributed by atoms with van der Waals surface area (Å²) < 4.78 is 0. The van der Waals surface area contributed by atoms with Crippen molar-refractivity contribution in [3.63, 3.8) is 0 Å². The summed E-state index contributed by atoms with van der Waals surface area (Å²) in [6.07, 6.45) is 3.07. The molecule has 4 heteroatoms. The number of carbonyl (C=O) groups is 2. The molecule has 0 radical (unpaired) electrons. The molecule has 2 aliphatic rings. The summed E-state index contributed by atoms with van der Waals surface area (Å²) in [5.41, 5.74) is 2.58. The van der Waals surface area contributed by atoms with E-state index in [9.17, 15) is 9.59 Å². The third kappa shape index (κ3) is 2.11. The van der Waals surface area contributed by atoms with Crippen LogP contribution in [0.5, 0.6) is 0 Å². The zero-order valence-corrected chi connectivity index (χ0v) is 10.9. The van der Waals surface area contributed by atoms with Gasteiger partial charge in [-0.2, -0.15) is 0 Å². The summed E-state index contributed by atoms with van der Waals surface area (Å²) in [4.78, 5) is 24.7. The minimum Gasteiger partial charge on any atom is -0.478 e. The molecular weight excluding hydrogens is 242 g/mol. The number of carbonyl (C=O) groups excluding carboxylic acids is 1. The first-order valence-corrected chi connectivity index (χ1v) is 6.71. The SMILES string of the molecule is CC(=O)N1CCc2cc(C(=O)O)ccc2C1C1CC1. The van der Waals surface area contributed by atoms with Gasteiger partial charge < -0.3 is 10.0 Å². The van der Waals surface area contributed by atoms with Crippen molar-refractivity contribution in [1.29, 1.82) is 0 Å². The van der Waals surface area contributed by atoms with Gasteiger partial charge in [0.25, 0.3) is 0 Å². The second kappa shape index (κ2) is 4.37. The summed E-state index contributed by atoms with van der Waals surface area (Å²) in [5.74, 6) is -0.219. The molecule has 1 aliphatic heterocycles. The van der Waals surface area contributed by atoms with E-state index in [0.29, 0.717) is 18.0 Å². The average Bonchev–Trinajstić information content (AvgIpc) is 3.20. The van der Waals surface area contributed by atoms with Crippen LogP contribution in [0.2, 0.25) is 0 Å². The highest BCUT2D eigenvalue weighted by Gasteiger charge is 2.40. The molecule has 1 amide bonds. The summed E-state index contributed by atoms with van der Waals surface area (Å²) in [6, 6.07) is 5.48. The van der Waals surface area contributed by atoms with E-state index in [-0.39, 0.29) is 11.9 Å². The van der Waals surface area contributed by atoms with Crippen LogP contribution in [0.4, 0.5) is 0 Å². The Kier molecular flexibility index (Phi) is 2.81. The number of carboxylic acids is 1. The molecule has 0 aromatic heterocycles. The van der Waals surface area contributed by atoms with Crippen molar-refractivity contribution >= 4 is 11.9 Å². The fourth-order valence-corrected chi connectivity index (χ4v) is 3.07. The second-order valence-electron chi connectivity index (χ2n) is 5.46. The van der Waals surface area contributed by atoms with Crippen LogP contribution in [0.1, 0.15) is 47.3 Å². The number of benzene rings is 1. The zero-order chi connectivity index (χ0) is 13.6. The van der Waals surface area contributed by atoms with Gasteiger partial charge in [-0.25, -0.2) is 4.79 Å². The van der Waals surface area contributed by atoms with Crippen molar-refractivity contribution in [3.05, 3.63) is 34.9 Å². The molecule has 1 aromatic rings. The summed E-state index contributed by atoms with van der Waals surface area (Å²) in [6.45, 7) is 2.32. The van der Waals surface area contributed by atoms with Gasteiger partial charge in [0.15, 0.2) is 0 Å². The van der Waals surface area contributed by atoms with Gasteiger partial charge >= 0.3 is 5.97 Å². The maximum atomic E-state index is 11.8. The summed E-state index contributed by atoms with van der Waals surface area (Å²) >= 11 is 0. The van der Waals surface area contributed by atoms with Crippen LogP contribution in [0, 0.1) is 5.92 Å². The first-order chi connectivity index (χ1) is 9.08. The van der Waals surface area contributed by atoms with E-state index in [1.165, 1.54) is 0 Å².